The molecule has 1 aromatic heterocycles. The van der Waals surface area contributed by atoms with Crippen LogP contribution in [0.15, 0.2) is 65.9 Å². The van der Waals surface area contributed by atoms with Gasteiger partial charge in [-0.25, -0.2) is 4.99 Å². The summed E-state index contributed by atoms with van der Waals surface area (Å²) in [6, 6.07) is 18.8. The van der Waals surface area contributed by atoms with E-state index in [9.17, 15) is 0 Å². The quantitative estimate of drug-likeness (QED) is 0.473. The minimum Gasteiger partial charge on any atom is -0.354 e. The average Bonchev–Trinajstić information content (AvgIpc) is 3.20. The summed E-state index contributed by atoms with van der Waals surface area (Å²) >= 11 is 0. The van der Waals surface area contributed by atoms with E-state index in [1.807, 2.05) is 18.2 Å². The van der Waals surface area contributed by atoms with Gasteiger partial charge in [0.2, 0.25) is 0 Å². The number of hydrogen-bond acceptors (Lipinski definition) is 3. The van der Waals surface area contributed by atoms with E-state index in [1.165, 1.54) is 16.7 Å². The van der Waals surface area contributed by atoms with Crippen molar-refractivity contribution < 1.29 is 0 Å². The molecule has 1 heterocycles. The molecule has 152 valence electrons. The third-order valence-corrected chi connectivity index (χ3v) is 4.93. The maximum Gasteiger partial charge on any atom is 0.194 e. The molecule has 0 unspecified atom stereocenters. The van der Waals surface area contributed by atoms with Crippen molar-refractivity contribution in [2.24, 2.45) is 4.99 Å². The summed E-state index contributed by atoms with van der Waals surface area (Å²) in [5.41, 5.74) is 3.79. The summed E-state index contributed by atoms with van der Waals surface area (Å²) in [5, 5.41) is 11.7. The topological polar surface area (TPSA) is 58.3 Å². The molecule has 0 aliphatic heterocycles. The number of aliphatic imine (C=N–C) groups is 1. The summed E-state index contributed by atoms with van der Waals surface area (Å²) in [6.07, 6.45) is 2.67. The molecule has 29 heavy (non-hydrogen) atoms. The fraction of sp³-hybridized carbons (Fsp3) is 0.348. The van der Waals surface area contributed by atoms with Crippen LogP contribution in [0.3, 0.4) is 0 Å². The molecule has 0 saturated heterocycles. The molecule has 0 atom stereocenters. The molecule has 0 bridgehead atoms. The van der Waals surface area contributed by atoms with Crippen molar-refractivity contribution in [3.05, 3.63) is 83.4 Å². The van der Waals surface area contributed by atoms with Crippen molar-refractivity contribution in [2.45, 2.75) is 39.9 Å². The molecular weight excluding hydrogens is 360 g/mol. The Morgan fingerprint density at radius 3 is 2.62 bits per heavy atom. The maximum absolute atomic E-state index is 4.87. The third-order valence-electron chi connectivity index (χ3n) is 4.93. The van der Waals surface area contributed by atoms with Crippen molar-refractivity contribution in [1.29, 1.82) is 0 Å². The van der Waals surface area contributed by atoms with Crippen LogP contribution in [0, 0.1) is 6.92 Å². The minimum atomic E-state index is 0.647. The van der Waals surface area contributed by atoms with E-state index in [0.29, 0.717) is 6.54 Å². The van der Waals surface area contributed by atoms with Gasteiger partial charge in [0.05, 0.1) is 6.54 Å². The zero-order chi connectivity index (χ0) is 20.5. The van der Waals surface area contributed by atoms with E-state index >= 15 is 0 Å². The normalized spacial score (nSPS) is 11.5. The molecular formula is C23H30N6. The van der Waals surface area contributed by atoms with Crippen molar-refractivity contribution in [3.63, 3.8) is 0 Å². The fourth-order valence-corrected chi connectivity index (χ4v) is 3.21. The first kappa shape index (κ1) is 20.6. The van der Waals surface area contributed by atoms with Gasteiger partial charge in [-0.2, -0.15) is 0 Å². The molecule has 3 rings (SSSR count). The van der Waals surface area contributed by atoms with Gasteiger partial charge in [-0.1, -0.05) is 61.5 Å². The van der Waals surface area contributed by atoms with E-state index in [2.05, 4.69) is 82.3 Å². The minimum absolute atomic E-state index is 0.647. The second-order valence-corrected chi connectivity index (χ2v) is 7.13. The first-order chi connectivity index (χ1) is 14.2. The predicted molar refractivity (Wildman–Crippen MR) is 118 cm³/mol. The summed E-state index contributed by atoms with van der Waals surface area (Å²) in [7, 11) is 2.08. The van der Waals surface area contributed by atoms with Crippen molar-refractivity contribution in [1.82, 2.24) is 25.0 Å². The third kappa shape index (κ3) is 5.91. The van der Waals surface area contributed by atoms with Crippen LogP contribution >= 0.6 is 0 Å². The Bertz CT molecular complexity index is 916. The lowest BCUT2D eigenvalue weighted by Gasteiger charge is -2.23. The molecule has 0 aliphatic carbocycles. The fourth-order valence-electron chi connectivity index (χ4n) is 3.21. The van der Waals surface area contributed by atoms with E-state index in [4.69, 9.17) is 4.99 Å². The Morgan fingerprint density at radius 1 is 1.10 bits per heavy atom. The van der Waals surface area contributed by atoms with Crippen molar-refractivity contribution >= 4 is 5.96 Å². The number of rotatable bonds is 8. The van der Waals surface area contributed by atoms with Crippen LogP contribution in [0.5, 0.6) is 0 Å². The molecule has 6 heteroatoms. The molecule has 6 nitrogen and oxygen atoms in total. The molecule has 0 amide bonds. The van der Waals surface area contributed by atoms with Gasteiger partial charge in [0, 0.05) is 33.1 Å². The highest BCUT2D eigenvalue weighted by atomic mass is 15.3. The lowest BCUT2D eigenvalue weighted by molar-refractivity contribution is 0.469. The van der Waals surface area contributed by atoms with Crippen LogP contribution in [0.1, 0.15) is 29.4 Å². The van der Waals surface area contributed by atoms with Crippen LogP contribution < -0.4 is 5.32 Å². The van der Waals surface area contributed by atoms with Crippen LogP contribution in [-0.2, 0) is 26.1 Å². The van der Waals surface area contributed by atoms with Crippen LogP contribution in [0.25, 0.3) is 0 Å². The Hall–Kier alpha value is -3.15. The van der Waals surface area contributed by atoms with Crippen LogP contribution in [0.2, 0.25) is 0 Å². The first-order valence-corrected chi connectivity index (χ1v) is 10.1. The van der Waals surface area contributed by atoms with Gasteiger partial charge >= 0.3 is 0 Å². The molecule has 3 aromatic rings. The SMILES string of the molecule is CCc1nncn1CCNC(=NCc1ccccc1)N(C)Cc1ccccc1C. The largest absolute Gasteiger partial charge is 0.354 e. The second-order valence-electron chi connectivity index (χ2n) is 7.13. The van der Waals surface area contributed by atoms with Crippen LogP contribution in [0.4, 0.5) is 0 Å². The predicted octanol–water partition coefficient (Wildman–Crippen LogP) is 3.43. The number of nitrogens with zero attached hydrogens (tertiary/aromatic N) is 5. The summed E-state index contributed by atoms with van der Waals surface area (Å²) < 4.78 is 2.09. The summed E-state index contributed by atoms with van der Waals surface area (Å²) in [4.78, 5) is 7.05. The highest BCUT2D eigenvalue weighted by Gasteiger charge is 2.09. The number of guanidine groups is 1. The second kappa shape index (κ2) is 10.4. The lowest BCUT2D eigenvalue weighted by Crippen LogP contribution is -2.40. The Morgan fingerprint density at radius 2 is 1.86 bits per heavy atom. The van der Waals surface area contributed by atoms with Gasteiger partial charge in [0.15, 0.2) is 5.96 Å². The Kier molecular flexibility index (Phi) is 7.39. The molecule has 2 aromatic carbocycles. The van der Waals surface area contributed by atoms with Gasteiger partial charge in [-0.3, -0.25) is 0 Å². The first-order valence-electron chi connectivity index (χ1n) is 10.1. The standard InChI is InChI=1S/C23H30N6/c1-4-22-27-26-18-29(22)15-14-24-23(25-16-20-11-6-5-7-12-20)28(3)17-21-13-9-8-10-19(21)2/h5-13,18H,4,14-17H2,1-3H3,(H,24,25). The number of benzene rings is 2. The summed E-state index contributed by atoms with van der Waals surface area (Å²) in [6.45, 7) is 7.26. The average molecular weight is 391 g/mol. The molecule has 0 aliphatic rings. The van der Waals surface area contributed by atoms with Crippen molar-refractivity contribution in [2.75, 3.05) is 13.6 Å². The molecule has 1 N–H and O–H groups in total. The van der Waals surface area contributed by atoms with E-state index in [-0.39, 0.29) is 0 Å². The van der Waals surface area contributed by atoms with Gasteiger partial charge < -0.3 is 14.8 Å². The van der Waals surface area contributed by atoms with Crippen molar-refractivity contribution in [3.8, 4) is 0 Å². The van der Waals surface area contributed by atoms with E-state index in [1.54, 1.807) is 6.33 Å². The Labute approximate surface area is 173 Å². The highest BCUT2D eigenvalue weighted by molar-refractivity contribution is 5.79. The molecule has 0 fully saturated rings. The van der Waals surface area contributed by atoms with E-state index < -0.39 is 0 Å². The number of nitrogens with one attached hydrogen (secondary N) is 1. The number of aryl methyl sites for hydroxylation is 2. The smallest absolute Gasteiger partial charge is 0.194 e. The zero-order valence-corrected chi connectivity index (χ0v) is 17.5. The van der Waals surface area contributed by atoms with Gasteiger partial charge in [-0.05, 0) is 23.6 Å². The van der Waals surface area contributed by atoms with Crippen LogP contribution in [-0.4, -0.2) is 39.2 Å². The monoisotopic (exact) mass is 390 g/mol. The number of aromatic nitrogens is 3. The maximum atomic E-state index is 4.87. The summed E-state index contributed by atoms with van der Waals surface area (Å²) in [5.74, 6) is 1.89. The van der Waals surface area contributed by atoms with Gasteiger partial charge in [-0.15, -0.1) is 10.2 Å². The van der Waals surface area contributed by atoms with E-state index in [0.717, 1.165) is 37.8 Å². The van der Waals surface area contributed by atoms with Gasteiger partial charge in [0.25, 0.3) is 0 Å². The highest BCUT2D eigenvalue weighted by Crippen LogP contribution is 2.10. The Balaban J connectivity index is 1.69. The number of hydrogen-bond donors (Lipinski definition) is 1. The zero-order valence-electron chi connectivity index (χ0n) is 17.5. The van der Waals surface area contributed by atoms with Gasteiger partial charge in [0.1, 0.15) is 12.2 Å². The lowest BCUT2D eigenvalue weighted by atomic mass is 10.1. The molecule has 0 radical (unpaired) electrons. The molecule has 0 saturated carbocycles. The molecule has 0 spiro atoms.